The van der Waals surface area contributed by atoms with E-state index < -0.39 is 0 Å². The van der Waals surface area contributed by atoms with Crippen molar-refractivity contribution in [3.63, 3.8) is 0 Å². The molecule has 0 aliphatic rings. The second kappa shape index (κ2) is 14.8. The lowest BCUT2D eigenvalue weighted by Crippen LogP contribution is -1.89. The number of thiophene rings is 2. The maximum absolute atomic E-state index is 2.40. The van der Waals surface area contributed by atoms with Gasteiger partial charge in [0.2, 0.25) is 0 Å². The van der Waals surface area contributed by atoms with Gasteiger partial charge in [0.05, 0.1) is 0 Å². The molecule has 66 heavy (non-hydrogen) atoms. The van der Waals surface area contributed by atoms with Crippen LogP contribution in [0.4, 0.5) is 0 Å². The van der Waals surface area contributed by atoms with Crippen LogP contribution in [0, 0.1) is 0 Å². The zero-order valence-corrected chi connectivity index (χ0v) is 37.4. The second-order valence-electron chi connectivity index (χ2n) is 17.4. The first-order valence-corrected chi connectivity index (χ1v) is 24.3. The van der Waals surface area contributed by atoms with Gasteiger partial charge >= 0.3 is 0 Å². The molecule has 14 rings (SSSR count). The van der Waals surface area contributed by atoms with E-state index in [0.29, 0.717) is 0 Å². The van der Waals surface area contributed by atoms with Gasteiger partial charge in [0, 0.05) is 62.6 Å². The van der Waals surface area contributed by atoms with Crippen molar-refractivity contribution >= 4 is 106 Å². The lowest BCUT2D eigenvalue weighted by molar-refractivity contribution is 1.59. The van der Waals surface area contributed by atoms with E-state index in [0.717, 1.165) is 0 Å². The summed E-state index contributed by atoms with van der Waals surface area (Å²) in [5.41, 5.74) is 12.6. The van der Waals surface area contributed by atoms with Crippen LogP contribution in [0.3, 0.4) is 0 Å². The van der Waals surface area contributed by atoms with Gasteiger partial charge in [0.25, 0.3) is 0 Å². The molecule has 2 heterocycles. The van der Waals surface area contributed by atoms with Crippen LogP contribution in [-0.2, 0) is 0 Å². The van der Waals surface area contributed by atoms with Crippen LogP contribution in [0.2, 0.25) is 0 Å². The summed E-state index contributed by atoms with van der Waals surface area (Å²) in [6.45, 7) is 0. The van der Waals surface area contributed by atoms with Crippen molar-refractivity contribution in [2.45, 2.75) is 0 Å². The highest BCUT2D eigenvalue weighted by Gasteiger charge is 2.21. The van der Waals surface area contributed by atoms with E-state index in [1.807, 2.05) is 22.7 Å². The fourth-order valence-electron chi connectivity index (χ4n) is 10.9. The zero-order valence-electron chi connectivity index (χ0n) is 35.8. The van der Waals surface area contributed by atoms with Gasteiger partial charge in [-0.2, -0.15) is 0 Å². The summed E-state index contributed by atoms with van der Waals surface area (Å²) < 4.78 is 5.28. The summed E-state index contributed by atoms with van der Waals surface area (Å²) in [5, 5.41) is 15.5. The molecule has 0 spiro atoms. The molecule has 0 amide bonds. The molecule has 0 N–H and O–H groups in total. The summed E-state index contributed by atoms with van der Waals surface area (Å²) in [7, 11) is 0. The van der Waals surface area contributed by atoms with Crippen molar-refractivity contribution in [1.82, 2.24) is 0 Å². The summed E-state index contributed by atoms with van der Waals surface area (Å²) >= 11 is 3.86. The van der Waals surface area contributed by atoms with Crippen LogP contribution >= 0.6 is 22.7 Å². The van der Waals surface area contributed by atoms with Crippen molar-refractivity contribution in [1.29, 1.82) is 0 Å². The number of benzene rings is 12. The van der Waals surface area contributed by atoms with Crippen molar-refractivity contribution in [2.24, 2.45) is 0 Å². The molecule has 2 heteroatoms. The maximum Gasteiger partial charge on any atom is 0.0434 e. The molecule has 0 fully saturated rings. The predicted molar refractivity (Wildman–Crippen MR) is 289 cm³/mol. The number of hydrogen-bond acceptors (Lipinski definition) is 2. The predicted octanol–water partition coefficient (Wildman–Crippen LogP) is 19.4. The van der Waals surface area contributed by atoms with Gasteiger partial charge in [0.15, 0.2) is 0 Å². The van der Waals surface area contributed by atoms with Gasteiger partial charge in [-0.25, -0.2) is 0 Å². The van der Waals surface area contributed by atoms with E-state index >= 15 is 0 Å². The molecule has 12 aromatic carbocycles. The Morgan fingerprint density at radius 2 is 0.409 bits per heavy atom. The minimum Gasteiger partial charge on any atom is -0.134 e. The van der Waals surface area contributed by atoms with Crippen LogP contribution in [0.15, 0.2) is 231 Å². The average molecular weight is 871 g/mol. The van der Waals surface area contributed by atoms with Gasteiger partial charge in [-0.1, -0.05) is 218 Å². The first-order valence-electron chi connectivity index (χ1n) is 22.7. The van der Waals surface area contributed by atoms with E-state index in [2.05, 4.69) is 231 Å². The summed E-state index contributed by atoms with van der Waals surface area (Å²) in [6.07, 6.45) is 0. The van der Waals surface area contributed by atoms with Crippen LogP contribution in [0.1, 0.15) is 0 Å². The smallest absolute Gasteiger partial charge is 0.0434 e. The van der Waals surface area contributed by atoms with Gasteiger partial charge in [-0.15, -0.1) is 22.7 Å². The molecule has 0 nitrogen and oxygen atoms in total. The molecule has 306 valence electrons. The standard InChI is InChI=1S/C64H38S2/c1-3-19-41-39(17-1)37-59(49-27-11-5-21-43(41)49)57-35-15-33-55-53-31-13-29-51(61(53)65-63(55)57)47-25-9-7-23-45(47)46-24-8-10-26-48(46)52-30-14-32-54-56-34-16-36-58(64(56)66-62(52)54)60-38-40-18-2-4-20-42(40)44-22-6-12-28-50(44)60/h1-38H. The lowest BCUT2D eigenvalue weighted by Gasteiger charge is -2.16. The van der Waals surface area contributed by atoms with Crippen molar-refractivity contribution in [2.75, 3.05) is 0 Å². The topological polar surface area (TPSA) is 0 Å². The van der Waals surface area contributed by atoms with Gasteiger partial charge in [-0.05, 0) is 88.6 Å². The number of hydrogen-bond donors (Lipinski definition) is 0. The number of fused-ring (bicyclic) bond motifs is 12. The Bertz CT molecular complexity index is 4020. The monoisotopic (exact) mass is 870 g/mol. The third kappa shape index (κ3) is 5.62. The Morgan fingerprint density at radius 1 is 0.167 bits per heavy atom. The van der Waals surface area contributed by atoms with E-state index in [1.54, 1.807) is 0 Å². The Balaban J connectivity index is 0.946. The van der Waals surface area contributed by atoms with E-state index in [1.165, 1.54) is 139 Å². The van der Waals surface area contributed by atoms with Gasteiger partial charge in [-0.3, -0.25) is 0 Å². The Labute approximate surface area is 389 Å². The molecular weight excluding hydrogens is 833 g/mol. The Kier molecular flexibility index (Phi) is 8.43. The second-order valence-corrected chi connectivity index (χ2v) is 19.4. The molecule has 0 atom stereocenters. The minimum atomic E-state index is 1.24. The lowest BCUT2D eigenvalue weighted by atomic mass is 9.88. The maximum atomic E-state index is 2.40. The molecule has 0 radical (unpaired) electrons. The van der Waals surface area contributed by atoms with E-state index in [9.17, 15) is 0 Å². The van der Waals surface area contributed by atoms with Crippen LogP contribution < -0.4 is 0 Å². The minimum absolute atomic E-state index is 1.24. The third-order valence-electron chi connectivity index (χ3n) is 13.9. The van der Waals surface area contributed by atoms with Crippen LogP contribution in [0.25, 0.3) is 139 Å². The summed E-state index contributed by atoms with van der Waals surface area (Å²) in [5.74, 6) is 0. The number of rotatable bonds is 5. The highest BCUT2D eigenvalue weighted by molar-refractivity contribution is 7.27. The quantitative estimate of drug-likeness (QED) is 0.151. The molecule has 0 saturated carbocycles. The highest BCUT2D eigenvalue weighted by Crippen LogP contribution is 2.50. The molecule has 0 aliphatic carbocycles. The molecule has 0 saturated heterocycles. The summed E-state index contributed by atoms with van der Waals surface area (Å²) in [4.78, 5) is 0. The largest absolute Gasteiger partial charge is 0.134 e. The van der Waals surface area contributed by atoms with E-state index in [-0.39, 0.29) is 0 Å². The molecular formula is C64H38S2. The van der Waals surface area contributed by atoms with Crippen LogP contribution in [-0.4, -0.2) is 0 Å². The van der Waals surface area contributed by atoms with Crippen molar-refractivity contribution in [3.8, 4) is 55.6 Å². The average Bonchev–Trinajstić information content (AvgIpc) is 3.98. The Morgan fingerprint density at radius 3 is 0.773 bits per heavy atom. The van der Waals surface area contributed by atoms with Gasteiger partial charge in [0.1, 0.15) is 0 Å². The SMILES string of the molecule is c1ccc(-c2cccc3c2sc2c(-c4cc5ccccc5c5ccccc45)cccc23)c(-c2ccccc2-c2cccc3c2sc2c(-c4cc5ccccc5c5ccccc45)cccc23)c1. The molecule has 0 unspecified atom stereocenters. The molecule has 0 bridgehead atoms. The third-order valence-corrected chi connectivity index (χ3v) is 16.5. The zero-order chi connectivity index (χ0) is 43.3. The fourth-order valence-corrected chi connectivity index (χ4v) is 13.7. The van der Waals surface area contributed by atoms with Gasteiger partial charge < -0.3 is 0 Å². The van der Waals surface area contributed by atoms with Crippen molar-refractivity contribution in [3.05, 3.63) is 231 Å². The van der Waals surface area contributed by atoms with Crippen LogP contribution in [0.5, 0.6) is 0 Å². The molecule has 0 aliphatic heterocycles. The fraction of sp³-hybridized carbons (Fsp3) is 0. The Hall–Kier alpha value is -7.88. The molecule has 2 aromatic heterocycles. The first-order chi connectivity index (χ1) is 32.8. The normalized spacial score (nSPS) is 11.9. The highest BCUT2D eigenvalue weighted by atomic mass is 32.1. The molecule has 14 aromatic rings. The van der Waals surface area contributed by atoms with Crippen molar-refractivity contribution < 1.29 is 0 Å². The first kappa shape index (κ1) is 37.5. The summed E-state index contributed by atoms with van der Waals surface area (Å²) in [6, 6.07) is 85.7. The van der Waals surface area contributed by atoms with E-state index in [4.69, 9.17) is 0 Å².